The van der Waals surface area contributed by atoms with Gasteiger partial charge in [0.05, 0.1) is 0 Å². The Kier molecular flexibility index (Phi) is 7.41. The molecule has 0 saturated heterocycles. The van der Waals surface area contributed by atoms with Gasteiger partial charge in [0, 0.05) is 6.04 Å². The molecule has 2 aliphatic rings. The highest BCUT2D eigenvalue weighted by Crippen LogP contribution is 2.35. The van der Waals surface area contributed by atoms with E-state index >= 15 is 0 Å². The Labute approximate surface area is 127 Å². The Balaban J connectivity index is 1.76. The zero-order valence-corrected chi connectivity index (χ0v) is 14.0. The van der Waals surface area contributed by atoms with Crippen LogP contribution in [0.5, 0.6) is 0 Å². The molecule has 1 unspecified atom stereocenters. The summed E-state index contributed by atoms with van der Waals surface area (Å²) in [5.74, 6) is 3.08. The van der Waals surface area contributed by atoms with Gasteiger partial charge in [-0.15, -0.1) is 0 Å². The summed E-state index contributed by atoms with van der Waals surface area (Å²) in [6.45, 7) is 5.90. The molecule has 0 aromatic heterocycles. The predicted molar refractivity (Wildman–Crippen MR) is 89.0 cm³/mol. The van der Waals surface area contributed by atoms with Gasteiger partial charge in [0.15, 0.2) is 0 Å². The molecule has 0 spiro atoms. The molecule has 1 N–H and O–H groups in total. The number of nitrogens with one attached hydrogen (secondary N) is 1. The van der Waals surface area contributed by atoms with Gasteiger partial charge in [-0.25, -0.2) is 0 Å². The maximum atomic E-state index is 3.90. The molecule has 0 heterocycles. The molecule has 0 radical (unpaired) electrons. The van der Waals surface area contributed by atoms with Crippen molar-refractivity contribution >= 4 is 0 Å². The third kappa shape index (κ3) is 5.06. The van der Waals surface area contributed by atoms with Crippen LogP contribution in [0.1, 0.15) is 90.9 Å². The molecule has 20 heavy (non-hydrogen) atoms. The highest BCUT2D eigenvalue weighted by atomic mass is 14.9. The van der Waals surface area contributed by atoms with E-state index in [2.05, 4.69) is 19.2 Å². The maximum absolute atomic E-state index is 3.90. The third-order valence-corrected chi connectivity index (χ3v) is 6.05. The minimum absolute atomic E-state index is 0.827. The Morgan fingerprint density at radius 2 is 1.60 bits per heavy atom. The summed E-state index contributed by atoms with van der Waals surface area (Å²) in [6.07, 6.45) is 17.6. The Hall–Kier alpha value is -0.0400. The smallest absolute Gasteiger partial charge is 0.00954 e. The zero-order chi connectivity index (χ0) is 14.2. The van der Waals surface area contributed by atoms with Gasteiger partial charge in [-0.3, -0.25) is 0 Å². The van der Waals surface area contributed by atoms with Crippen molar-refractivity contribution in [2.24, 2.45) is 17.8 Å². The van der Waals surface area contributed by atoms with Crippen molar-refractivity contribution in [2.75, 3.05) is 6.54 Å². The molecule has 0 amide bonds. The summed E-state index contributed by atoms with van der Waals surface area (Å²) < 4.78 is 0. The lowest BCUT2D eigenvalue weighted by molar-refractivity contribution is 0.204. The first-order chi connectivity index (χ1) is 9.83. The van der Waals surface area contributed by atoms with Gasteiger partial charge in [0.25, 0.3) is 0 Å². The van der Waals surface area contributed by atoms with Crippen molar-refractivity contribution in [3.63, 3.8) is 0 Å². The van der Waals surface area contributed by atoms with Gasteiger partial charge in [-0.05, 0) is 56.4 Å². The monoisotopic (exact) mass is 279 g/mol. The first-order valence-electron chi connectivity index (χ1n) is 9.56. The highest BCUT2D eigenvalue weighted by molar-refractivity contribution is 4.83. The van der Waals surface area contributed by atoms with Crippen LogP contribution in [0.4, 0.5) is 0 Å². The van der Waals surface area contributed by atoms with E-state index in [0.717, 1.165) is 23.8 Å². The molecule has 118 valence electrons. The van der Waals surface area contributed by atoms with E-state index in [4.69, 9.17) is 0 Å². The van der Waals surface area contributed by atoms with Crippen LogP contribution in [0.3, 0.4) is 0 Å². The van der Waals surface area contributed by atoms with E-state index in [1.54, 1.807) is 0 Å². The largest absolute Gasteiger partial charge is 0.314 e. The van der Waals surface area contributed by atoms with Gasteiger partial charge < -0.3 is 5.32 Å². The molecule has 2 aliphatic carbocycles. The molecule has 0 aromatic carbocycles. The average molecular weight is 280 g/mol. The number of hydrogen-bond acceptors (Lipinski definition) is 1. The van der Waals surface area contributed by atoms with Crippen LogP contribution in [0.25, 0.3) is 0 Å². The standard InChI is InChI=1S/C19H37N/c1-3-15-20-19(14-11-17-7-5-6-8-17)18-12-9-16(4-2)10-13-18/h16-20H,3-15H2,1-2H3. The molecule has 0 aromatic rings. The lowest BCUT2D eigenvalue weighted by Crippen LogP contribution is -2.38. The molecular weight excluding hydrogens is 242 g/mol. The minimum Gasteiger partial charge on any atom is -0.314 e. The summed E-state index contributed by atoms with van der Waals surface area (Å²) in [5.41, 5.74) is 0. The van der Waals surface area contributed by atoms with Crippen molar-refractivity contribution < 1.29 is 0 Å². The van der Waals surface area contributed by atoms with Crippen LogP contribution in [0.2, 0.25) is 0 Å². The quantitative estimate of drug-likeness (QED) is 0.615. The molecule has 2 fully saturated rings. The first kappa shape index (κ1) is 16.3. The summed E-state index contributed by atoms with van der Waals surface area (Å²) in [7, 11) is 0. The van der Waals surface area contributed by atoms with Crippen molar-refractivity contribution in [3.8, 4) is 0 Å². The van der Waals surface area contributed by atoms with Crippen molar-refractivity contribution in [1.29, 1.82) is 0 Å². The fourth-order valence-corrected chi connectivity index (χ4v) is 4.55. The summed E-state index contributed by atoms with van der Waals surface area (Å²) in [6, 6.07) is 0.827. The second kappa shape index (κ2) is 9.07. The molecule has 2 rings (SSSR count). The van der Waals surface area contributed by atoms with Gasteiger partial charge >= 0.3 is 0 Å². The molecule has 0 bridgehead atoms. The van der Waals surface area contributed by atoms with Crippen LogP contribution in [-0.2, 0) is 0 Å². The van der Waals surface area contributed by atoms with Crippen molar-refractivity contribution in [3.05, 3.63) is 0 Å². The van der Waals surface area contributed by atoms with Crippen molar-refractivity contribution in [1.82, 2.24) is 5.32 Å². The van der Waals surface area contributed by atoms with Crippen molar-refractivity contribution in [2.45, 2.75) is 96.9 Å². The average Bonchev–Trinajstić information content (AvgIpc) is 3.01. The SMILES string of the molecule is CCCNC(CCC1CCCC1)C1CCC(CC)CC1. The van der Waals surface area contributed by atoms with Gasteiger partial charge in [0.1, 0.15) is 0 Å². The van der Waals surface area contributed by atoms with Crippen LogP contribution in [-0.4, -0.2) is 12.6 Å². The normalized spacial score (nSPS) is 29.7. The van der Waals surface area contributed by atoms with Gasteiger partial charge in [0.2, 0.25) is 0 Å². The zero-order valence-electron chi connectivity index (χ0n) is 14.0. The second-order valence-electron chi connectivity index (χ2n) is 7.48. The molecule has 1 atom stereocenters. The van der Waals surface area contributed by atoms with E-state index < -0.39 is 0 Å². The lowest BCUT2D eigenvalue weighted by atomic mass is 9.76. The Morgan fingerprint density at radius 1 is 0.900 bits per heavy atom. The van der Waals surface area contributed by atoms with E-state index in [9.17, 15) is 0 Å². The molecular formula is C19H37N. The lowest BCUT2D eigenvalue weighted by Gasteiger charge is -2.35. The van der Waals surface area contributed by atoms with E-state index in [-0.39, 0.29) is 0 Å². The van der Waals surface area contributed by atoms with Crippen LogP contribution in [0, 0.1) is 17.8 Å². The fraction of sp³-hybridized carbons (Fsp3) is 1.00. The third-order valence-electron chi connectivity index (χ3n) is 6.05. The summed E-state index contributed by atoms with van der Waals surface area (Å²) in [5, 5.41) is 3.90. The fourth-order valence-electron chi connectivity index (χ4n) is 4.55. The molecule has 0 aliphatic heterocycles. The summed E-state index contributed by atoms with van der Waals surface area (Å²) in [4.78, 5) is 0. The number of hydrogen-bond donors (Lipinski definition) is 1. The molecule has 2 saturated carbocycles. The summed E-state index contributed by atoms with van der Waals surface area (Å²) >= 11 is 0. The van der Waals surface area contributed by atoms with Crippen LogP contribution >= 0.6 is 0 Å². The van der Waals surface area contributed by atoms with E-state index in [0.29, 0.717) is 0 Å². The van der Waals surface area contributed by atoms with E-state index in [1.165, 1.54) is 83.6 Å². The van der Waals surface area contributed by atoms with Gasteiger partial charge in [-0.2, -0.15) is 0 Å². The molecule has 1 heteroatoms. The first-order valence-corrected chi connectivity index (χ1v) is 9.56. The van der Waals surface area contributed by atoms with E-state index in [1.807, 2.05) is 0 Å². The van der Waals surface area contributed by atoms with Gasteiger partial charge in [-0.1, -0.05) is 58.8 Å². The topological polar surface area (TPSA) is 12.0 Å². The highest BCUT2D eigenvalue weighted by Gasteiger charge is 2.27. The Bertz CT molecular complexity index is 236. The predicted octanol–water partition coefficient (Wildman–Crippen LogP) is 5.54. The van der Waals surface area contributed by atoms with Crippen LogP contribution < -0.4 is 5.32 Å². The second-order valence-corrected chi connectivity index (χ2v) is 7.48. The Morgan fingerprint density at radius 3 is 2.20 bits per heavy atom. The van der Waals surface area contributed by atoms with Crippen LogP contribution in [0.15, 0.2) is 0 Å². The maximum Gasteiger partial charge on any atom is 0.00954 e. The molecule has 1 nitrogen and oxygen atoms in total. The minimum atomic E-state index is 0.827. The number of rotatable bonds is 8.